The number of esters is 1. The van der Waals surface area contributed by atoms with Crippen molar-refractivity contribution in [1.82, 2.24) is 36.0 Å². The lowest BCUT2D eigenvalue weighted by Crippen LogP contribution is -2.65. The van der Waals surface area contributed by atoms with Crippen LogP contribution in [0, 0.1) is 5.92 Å². The molecule has 0 saturated carbocycles. The van der Waals surface area contributed by atoms with Crippen LogP contribution in [0.4, 0.5) is 0 Å². The summed E-state index contributed by atoms with van der Waals surface area (Å²) < 4.78 is 5.88. The van der Waals surface area contributed by atoms with Crippen LogP contribution < -0.4 is 21.3 Å². The summed E-state index contributed by atoms with van der Waals surface area (Å²) in [5.41, 5.74) is 1.86. The summed E-state index contributed by atoms with van der Waals surface area (Å²) in [5, 5.41) is 31.4. The summed E-state index contributed by atoms with van der Waals surface area (Å²) in [6.45, 7) is 5.59. The van der Waals surface area contributed by atoms with Gasteiger partial charge in [0.05, 0.1) is 6.42 Å². The molecule has 3 aromatic rings. The number of fused-ring (bicyclic) bond motifs is 2. The molecule has 2 fully saturated rings. The molecule has 7 amide bonds. The van der Waals surface area contributed by atoms with Gasteiger partial charge in [0.15, 0.2) is 0 Å². The molecule has 19 nitrogen and oxygen atoms in total. The van der Waals surface area contributed by atoms with E-state index in [2.05, 4.69) is 21.3 Å². The third-order valence-corrected chi connectivity index (χ3v) is 12.2. The summed E-state index contributed by atoms with van der Waals surface area (Å²) in [6, 6.07) is 15.8. The number of aliphatic hydroxyl groups is 1. The molecule has 2 heterocycles. The van der Waals surface area contributed by atoms with Gasteiger partial charge < -0.3 is 50.9 Å². The number of hydrogen-bond donors (Lipinski definition) is 6. The number of piperidine rings is 1. The van der Waals surface area contributed by atoms with Crippen molar-refractivity contribution in [1.29, 1.82) is 0 Å². The standard InChI is InChI=1S/C49H61N7O12/c1-28(2)41-49(67)68-29(3)42(53-43(61)35(27-40(59)60)50-30(4)57)48(66)55(6)36(24-31-16-10-7-11-17-31)44(62)51-34-22-23-39(58)56(46(34)64)38(26-33-20-14-9-15-21-33)47(65)54(5)37(45(63)52-41)25-32-18-12-8-13-19-32/h7-21,28-29,34-39,41-42,58H,22-27H2,1-6H3,(H,50,57)(H,51,62)(H,52,63)(H,53,61)(H,59,60). The third-order valence-electron chi connectivity index (χ3n) is 12.2. The van der Waals surface area contributed by atoms with Crippen LogP contribution in [-0.2, 0) is 67.2 Å². The molecule has 68 heavy (non-hydrogen) atoms. The van der Waals surface area contributed by atoms with E-state index in [-0.39, 0.29) is 32.1 Å². The van der Waals surface area contributed by atoms with Gasteiger partial charge in [-0.2, -0.15) is 0 Å². The number of aliphatic hydroxyl groups excluding tert-OH is 1. The molecular weight excluding hydrogens is 879 g/mol. The van der Waals surface area contributed by atoms with Gasteiger partial charge in [0.25, 0.3) is 0 Å². The second-order valence-corrected chi connectivity index (χ2v) is 17.6. The van der Waals surface area contributed by atoms with Gasteiger partial charge in [-0.15, -0.1) is 0 Å². The first-order chi connectivity index (χ1) is 32.3. The Morgan fingerprint density at radius 1 is 0.706 bits per heavy atom. The zero-order valence-corrected chi connectivity index (χ0v) is 39.0. The third kappa shape index (κ3) is 13.3. The van der Waals surface area contributed by atoms with Gasteiger partial charge in [0.2, 0.25) is 41.4 Å². The molecule has 2 saturated heterocycles. The zero-order valence-electron chi connectivity index (χ0n) is 39.0. The second kappa shape index (κ2) is 23.5. The fraction of sp³-hybridized carbons (Fsp3) is 0.449. The van der Waals surface area contributed by atoms with Gasteiger partial charge in [-0.05, 0) is 42.4 Å². The van der Waals surface area contributed by atoms with Crippen LogP contribution >= 0.6 is 0 Å². The van der Waals surface area contributed by atoms with Gasteiger partial charge >= 0.3 is 11.9 Å². The van der Waals surface area contributed by atoms with Crippen molar-refractivity contribution in [2.75, 3.05) is 14.1 Å². The number of amides is 7. The predicted octanol–water partition coefficient (Wildman–Crippen LogP) is 0.713. The van der Waals surface area contributed by atoms with Crippen LogP contribution in [0.15, 0.2) is 91.0 Å². The van der Waals surface area contributed by atoms with E-state index < -0.39 is 120 Å². The molecule has 2 aliphatic heterocycles. The van der Waals surface area contributed by atoms with Crippen molar-refractivity contribution in [2.24, 2.45) is 5.92 Å². The van der Waals surface area contributed by atoms with Crippen molar-refractivity contribution in [3.63, 3.8) is 0 Å². The van der Waals surface area contributed by atoms with Crippen LogP contribution in [0.1, 0.15) is 63.6 Å². The number of carbonyl (C=O) groups is 9. The highest BCUT2D eigenvalue weighted by molar-refractivity contribution is 5.99. The Bertz CT molecular complexity index is 2280. The molecule has 19 heteroatoms. The molecule has 364 valence electrons. The molecule has 0 spiro atoms. The van der Waals surface area contributed by atoms with Crippen LogP contribution in [-0.4, -0.2) is 147 Å². The normalized spacial score (nSPS) is 25.0. The smallest absolute Gasteiger partial charge is 0.329 e. The molecule has 2 bridgehead atoms. The van der Waals surface area contributed by atoms with E-state index in [1.807, 2.05) is 0 Å². The maximum absolute atomic E-state index is 15.1. The number of aliphatic carboxylic acids is 1. The summed E-state index contributed by atoms with van der Waals surface area (Å²) in [7, 11) is 2.66. The van der Waals surface area contributed by atoms with E-state index in [1.165, 1.54) is 25.9 Å². The largest absolute Gasteiger partial charge is 0.481 e. The van der Waals surface area contributed by atoms with Crippen molar-refractivity contribution < 1.29 is 58.1 Å². The number of nitrogens with one attached hydrogen (secondary N) is 4. The highest BCUT2D eigenvalue weighted by Crippen LogP contribution is 2.26. The zero-order chi connectivity index (χ0) is 49.8. The Labute approximate surface area is 394 Å². The molecule has 9 unspecified atom stereocenters. The number of cyclic esters (lactones) is 1. The highest BCUT2D eigenvalue weighted by atomic mass is 16.5. The van der Waals surface area contributed by atoms with E-state index in [0.717, 1.165) is 16.7 Å². The Kier molecular flexibility index (Phi) is 17.9. The molecule has 2 aliphatic rings. The number of ether oxygens (including phenoxy) is 1. The summed E-state index contributed by atoms with van der Waals surface area (Å²) >= 11 is 0. The van der Waals surface area contributed by atoms with Crippen LogP contribution in [0.25, 0.3) is 0 Å². The van der Waals surface area contributed by atoms with E-state index in [9.17, 15) is 48.6 Å². The van der Waals surface area contributed by atoms with Crippen LogP contribution in [0.5, 0.6) is 0 Å². The lowest BCUT2D eigenvalue weighted by atomic mass is 9.95. The molecule has 9 atom stereocenters. The Balaban J connectivity index is 1.67. The van der Waals surface area contributed by atoms with Crippen molar-refractivity contribution in [3.05, 3.63) is 108 Å². The van der Waals surface area contributed by atoms with Gasteiger partial charge in [0, 0.05) is 40.3 Å². The highest BCUT2D eigenvalue weighted by Gasteiger charge is 2.46. The Morgan fingerprint density at radius 3 is 1.65 bits per heavy atom. The Morgan fingerprint density at radius 2 is 1.18 bits per heavy atom. The summed E-state index contributed by atoms with van der Waals surface area (Å²) in [4.78, 5) is 129. The van der Waals surface area contributed by atoms with E-state index in [4.69, 9.17) is 4.74 Å². The van der Waals surface area contributed by atoms with Crippen LogP contribution in [0.3, 0.4) is 0 Å². The topological polar surface area (TPSA) is 261 Å². The number of carboxylic acids is 1. The minimum Gasteiger partial charge on any atom is -0.481 e. The monoisotopic (exact) mass is 939 g/mol. The number of hydrogen-bond acceptors (Lipinski definition) is 11. The van der Waals surface area contributed by atoms with E-state index >= 15 is 4.79 Å². The maximum Gasteiger partial charge on any atom is 0.329 e. The minimum atomic E-state index is -1.83. The fourth-order valence-corrected chi connectivity index (χ4v) is 8.39. The van der Waals surface area contributed by atoms with Crippen LogP contribution in [0.2, 0.25) is 0 Å². The predicted molar refractivity (Wildman–Crippen MR) is 245 cm³/mol. The molecule has 6 N–H and O–H groups in total. The van der Waals surface area contributed by atoms with E-state index in [0.29, 0.717) is 16.7 Å². The molecule has 0 aromatic heterocycles. The quantitative estimate of drug-likeness (QED) is 0.137. The number of rotatable bonds is 12. The molecule has 0 radical (unpaired) electrons. The molecule has 0 aliphatic carbocycles. The first-order valence-electron chi connectivity index (χ1n) is 22.5. The summed E-state index contributed by atoms with van der Waals surface area (Å²) in [6.07, 6.45) is -4.35. The molecular formula is C49H61N7O12. The minimum absolute atomic E-state index is 0.0536. The van der Waals surface area contributed by atoms with Gasteiger partial charge in [-0.3, -0.25) is 38.4 Å². The lowest BCUT2D eigenvalue weighted by molar-refractivity contribution is -0.165. The first-order valence-corrected chi connectivity index (χ1v) is 22.5. The molecule has 5 rings (SSSR count). The fourth-order valence-electron chi connectivity index (χ4n) is 8.39. The first kappa shape index (κ1) is 51.8. The average Bonchev–Trinajstić information content (AvgIpc) is 3.30. The number of carboxylic acid groups (broad SMARTS) is 1. The van der Waals surface area contributed by atoms with Crippen molar-refractivity contribution in [2.45, 2.75) is 121 Å². The summed E-state index contributed by atoms with van der Waals surface area (Å²) in [5.74, 6) is -9.14. The second-order valence-electron chi connectivity index (χ2n) is 17.6. The lowest BCUT2D eigenvalue weighted by Gasteiger charge is -2.43. The number of likely N-dealkylation sites (N-methyl/N-ethyl adjacent to an activating group) is 2. The number of benzene rings is 3. The molecule has 3 aromatic carbocycles. The average molecular weight is 940 g/mol. The maximum atomic E-state index is 15.1. The Hall–Kier alpha value is -7.15. The number of nitrogens with zero attached hydrogens (tertiary/aromatic N) is 3. The SMILES string of the molecule is CC(=O)NC(CC(=O)O)C(=O)NC1C(=O)N(C)C(Cc2ccccc2)C(=O)NC2CCC(O)N(C2=O)C(Cc2ccccc2)C(=O)N(C)C(Cc2ccccc2)C(=O)NC(C(C)C)C(=O)OC1C. The van der Waals surface area contributed by atoms with Gasteiger partial charge in [0.1, 0.15) is 54.6 Å². The van der Waals surface area contributed by atoms with Crippen molar-refractivity contribution >= 4 is 53.3 Å². The van der Waals surface area contributed by atoms with Crippen molar-refractivity contribution in [3.8, 4) is 0 Å². The van der Waals surface area contributed by atoms with Gasteiger partial charge in [-0.25, -0.2) is 4.79 Å². The van der Waals surface area contributed by atoms with Gasteiger partial charge in [-0.1, -0.05) is 105 Å². The number of carbonyl (C=O) groups excluding carboxylic acids is 8. The van der Waals surface area contributed by atoms with E-state index in [1.54, 1.807) is 105 Å².